The Morgan fingerprint density at radius 1 is 1.12 bits per heavy atom. The van der Waals surface area contributed by atoms with Crippen molar-refractivity contribution in [1.82, 2.24) is 4.90 Å². The molecule has 0 saturated carbocycles. The van der Waals surface area contributed by atoms with Crippen molar-refractivity contribution >= 4 is 23.0 Å². The zero-order chi connectivity index (χ0) is 18.0. The van der Waals surface area contributed by atoms with Gasteiger partial charge in [-0.15, -0.1) is 0 Å². The van der Waals surface area contributed by atoms with Gasteiger partial charge in [0.05, 0.1) is 6.04 Å². The Morgan fingerprint density at radius 2 is 1.88 bits per heavy atom. The third-order valence-corrected chi connectivity index (χ3v) is 4.19. The number of para-hydroxylation sites is 1. The van der Waals surface area contributed by atoms with Gasteiger partial charge in [-0.1, -0.05) is 24.3 Å². The van der Waals surface area contributed by atoms with E-state index in [9.17, 15) is 13.6 Å². The normalized spacial score (nSPS) is 12.6. The lowest BCUT2D eigenvalue weighted by molar-refractivity contribution is -0.126. The Hall–Kier alpha value is -2.95. The van der Waals surface area contributed by atoms with Crippen LogP contribution in [-0.2, 0) is 4.79 Å². The third-order valence-electron chi connectivity index (χ3n) is 4.19. The molecule has 3 aromatic rings. The molecule has 0 saturated heterocycles. The minimum Gasteiger partial charge on any atom is -0.457 e. The van der Waals surface area contributed by atoms with Gasteiger partial charge < -0.3 is 9.32 Å². The number of furan rings is 1. The number of rotatable bonds is 4. The van der Waals surface area contributed by atoms with Crippen LogP contribution in [0.2, 0.25) is 0 Å². The molecule has 0 spiro atoms. The number of fused-ring (bicyclic) bond motifs is 1. The maximum Gasteiger partial charge on any atom is 0.246 e. The van der Waals surface area contributed by atoms with Gasteiger partial charge in [-0.25, -0.2) is 8.78 Å². The molecule has 0 aliphatic carbocycles. The molecule has 3 rings (SSSR count). The number of carbonyl (C=O) groups excluding carboxylic acids is 1. The first kappa shape index (κ1) is 16.9. The van der Waals surface area contributed by atoms with Crippen molar-refractivity contribution in [1.29, 1.82) is 0 Å². The summed E-state index contributed by atoms with van der Waals surface area (Å²) in [6.45, 7) is 1.75. The fraction of sp³-hybridized carbons (Fsp3) is 0.150. The number of nitrogens with zero attached hydrogens (tertiary/aromatic N) is 1. The number of hydrogen-bond donors (Lipinski definition) is 0. The van der Waals surface area contributed by atoms with Crippen molar-refractivity contribution in [3.63, 3.8) is 0 Å². The van der Waals surface area contributed by atoms with Crippen LogP contribution in [0.15, 0.2) is 59.0 Å². The summed E-state index contributed by atoms with van der Waals surface area (Å²) in [5.74, 6) is -1.53. The SMILES string of the molecule is CC(c1ccc(F)c(F)c1)N(C)C(=O)/C=C/c1cc2ccccc2o1. The van der Waals surface area contributed by atoms with Gasteiger partial charge >= 0.3 is 0 Å². The molecule has 25 heavy (non-hydrogen) atoms. The average Bonchev–Trinajstić information content (AvgIpc) is 3.03. The van der Waals surface area contributed by atoms with E-state index in [2.05, 4.69) is 0 Å². The van der Waals surface area contributed by atoms with E-state index in [-0.39, 0.29) is 5.91 Å². The number of amides is 1. The van der Waals surface area contributed by atoms with E-state index in [1.54, 1.807) is 20.0 Å². The Morgan fingerprint density at radius 3 is 2.60 bits per heavy atom. The minimum atomic E-state index is -0.928. The van der Waals surface area contributed by atoms with Gasteiger partial charge in [-0.3, -0.25) is 4.79 Å². The molecule has 2 aromatic carbocycles. The van der Waals surface area contributed by atoms with E-state index in [1.165, 1.54) is 17.0 Å². The molecule has 0 fully saturated rings. The first-order chi connectivity index (χ1) is 12.0. The van der Waals surface area contributed by atoms with Gasteiger partial charge in [0.15, 0.2) is 11.6 Å². The fourth-order valence-electron chi connectivity index (χ4n) is 2.54. The van der Waals surface area contributed by atoms with E-state index in [0.29, 0.717) is 11.3 Å². The van der Waals surface area contributed by atoms with Crippen molar-refractivity contribution in [3.05, 3.63) is 77.6 Å². The molecule has 128 valence electrons. The predicted molar refractivity (Wildman–Crippen MR) is 92.8 cm³/mol. The van der Waals surface area contributed by atoms with Crippen molar-refractivity contribution in [2.45, 2.75) is 13.0 Å². The molecule has 0 bridgehead atoms. The number of halogens is 2. The van der Waals surface area contributed by atoms with Gasteiger partial charge in [-0.2, -0.15) is 0 Å². The molecule has 1 atom stereocenters. The third kappa shape index (κ3) is 3.60. The van der Waals surface area contributed by atoms with Crippen LogP contribution in [0.1, 0.15) is 24.3 Å². The maximum atomic E-state index is 13.4. The van der Waals surface area contributed by atoms with Crippen LogP contribution in [-0.4, -0.2) is 17.9 Å². The summed E-state index contributed by atoms with van der Waals surface area (Å²) < 4.78 is 32.0. The first-order valence-electron chi connectivity index (χ1n) is 7.84. The molecule has 1 unspecified atom stereocenters. The Labute approximate surface area is 144 Å². The van der Waals surface area contributed by atoms with Crippen LogP contribution >= 0.6 is 0 Å². The molecule has 0 radical (unpaired) electrons. The van der Waals surface area contributed by atoms with Crippen LogP contribution in [0.3, 0.4) is 0 Å². The minimum absolute atomic E-state index is 0.266. The van der Waals surface area contributed by atoms with E-state index in [1.807, 2.05) is 30.3 Å². The smallest absolute Gasteiger partial charge is 0.246 e. The van der Waals surface area contributed by atoms with E-state index >= 15 is 0 Å². The van der Waals surface area contributed by atoms with Crippen molar-refractivity contribution in [3.8, 4) is 0 Å². The maximum absolute atomic E-state index is 13.4. The van der Waals surface area contributed by atoms with Crippen LogP contribution in [0, 0.1) is 11.6 Å². The zero-order valence-electron chi connectivity index (χ0n) is 13.9. The summed E-state index contributed by atoms with van der Waals surface area (Å²) in [5, 5.41) is 0.957. The van der Waals surface area contributed by atoms with Gasteiger partial charge in [0.2, 0.25) is 5.91 Å². The van der Waals surface area contributed by atoms with E-state index < -0.39 is 17.7 Å². The molecular weight excluding hydrogens is 324 g/mol. The van der Waals surface area contributed by atoms with Gasteiger partial charge in [0, 0.05) is 18.5 Å². The highest BCUT2D eigenvalue weighted by Gasteiger charge is 2.17. The fourth-order valence-corrected chi connectivity index (χ4v) is 2.54. The summed E-state index contributed by atoms with van der Waals surface area (Å²) in [5.41, 5.74) is 1.27. The summed E-state index contributed by atoms with van der Waals surface area (Å²) in [6.07, 6.45) is 2.99. The summed E-state index contributed by atoms with van der Waals surface area (Å²) in [7, 11) is 1.61. The largest absolute Gasteiger partial charge is 0.457 e. The molecular formula is C20H17F2NO2. The van der Waals surface area contributed by atoms with Gasteiger partial charge in [-0.05, 0) is 42.8 Å². The summed E-state index contributed by atoms with van der Waals surface area (Å²) in [4.78, 5) is 13.8. The number of carbonyl (C=O) groups is 1. The van der Waals surface area contributed by atoms with Crippen molar-refractivity contribution < 1.29 is 18.0 Å². The highest BCUT2D eigenvalue weighted by atomic mass is 19.2. The highest BCUT2D eigenvalue weighted by Crippen LogP contribution is 2.22. The van der Waals surface area contributed by atoms with Crippen LogP contribution in [0.25, 0.3) is 17.0 Å². The lowest BCUT2D eigenvalue weighted by Crippen LogP contribution is -2.28. The Bertz CT molecular complexity index is 913. The monoisotopic (exact) mass is 341 g/mol. The Balaban J connectivity index is 1.73. The topological polar surface area (TPSA) is 33.5 Å². The molecule has 0 aliphatic rings. The van der Waals surface area contributed by atoms with Gasteiger partial charge in [0.25, 0.3) is 0 Å². The summed E-state index contributed by atoms with van der Waals surface area (Å²) in [6, 6.07) is 12.6. The van der Waals surface area contributed by atoms with Crippen molar-refractivity contribution in [2.75, 3.05) is 7.05 Å². The second-order valence-electron chi connectivity index (χ2n) is 5.82. The predicted octanol–water partition coefficient (Wildman–Crippen LogP) is 4.94. The first-order valence-corrected chi connectivity index (χ1v) is 7.84. The van der Waals surface area contributed by atoms with E-state index in [0.717, 1.165) is 23.1 Å². The standard InChI is InChI=1S/C20H17F2NO2/c1-13(14-7-9-17(21)18(22)12-14)23(2)20(24)10-8-16-11-15-5-3-4-6-19(15)25-16/h3-13H,1-2H3/b10-8+. The van der Waals surface area contributed by atoms with Crippen molar-refractivity contribution in [2.24, 2.45) is 0 Å². The quantitative estimate of drug-likeness (QED) is 0.630. The highest BCUT2D eigenvalue weighted by molar-refractivity contribution is 5.92. The molecule has 1 heterocycles. The Kier molecular flexibility index (Phi) is 4.65. The molecule has 0 N–H and O–H groups in total. The number of hydrogen-bond acceptors (Lipinski definition) is 2. The summed E-state index contributed by atoms with van der Waals surface area (Å²) >= 11 is 0. The molecule has 3 nitrogen and oxygen atoms in total. The van der Waals surface area contributed by atoms with E-state index in [4.69, 9.17) is 4.42 Å². The molecule has 1 aromatic heterocycles. The van der Waals surface area contributed by atoms with Crippen LogP contribution in [0.4, 0.5) is 8.78 Å². The van der Waals surface area contributed by atoms with Crippen LogP contribution < -0.4 is 0 Å². The zero-order valence-corrected chi connectivity index (χ0v) is 13.9. The molecule has 0 aliphatic heterocycles. The average molecular weight is 341 g/mol. The lowest BCUT2D eigenvalue weighted by Gasteiger charge is -2.24. The second-order valence-corrected chi connectivity index (χ2v) is 5.82. The molecule has 5 heteroatoms. The number of likely N-dealkylation sites (N-methyl/N-ethyl adjacent to an activating group) is 1. The lowest BCUT2D eigenvalue weighted by atomic mass is 10.1. The molecule has 1 amide bonds. The van der Waals surface area contributed by atoms with Gasteiger partial charge in [0.1, 0.15) is 11.3 Å². The number of benzene rings is 2. The second kappa shape index (κ2) is 6.89. The van der Waals surface area contributed by atoms with Crippen LogP contribution in [0.5, 0.6) is 0 Å².